The van der Waals surface area contributed by atoms with Gasteiger partial charge >= 0.3 is 0 Å². The first-order valence-corrected chi connectivity index (χ1v) is 7.95. The summed E-state index contributed by atoms with van der Waals surface area (Å²) in [6, 6.07) is 10.7. The van der Waals surface area contributed by atoms with Crippen LogP contribution >= 0.6 is 0 Å². The summed E-state index contributed by atoms with van der Waals surface area (Å²) in [5, 5.41) is 5.86. The normalized spacial score (nSPS) is 11.8. The standard InChI is InChI=1S/C18H15N5O3/c24-17(21-10-12-2-1-6-19-9-12)14-5-7-20-18(23-14)22-13-3-4-15-16(8-13)26-11-25-15/h1-9H,10-11H2,(H,21,24)(H,20,22,23). The summed E-state index contributed by atoms with van der Waals surface area (Å²) in [4.78, 5) is 24.7. The molecule has 2 aromatic heterocycles. The van der Waals surface area contributed by atoms with Crippen molar-refractivity contribution in [1.82, 2.24) is 20.3 Å². The zero-order chi connectivity index (χ0) is 17.8. The number of rotatable bonds is 5. The minimum Gasteiger partial charge on any atom is -0.454 e. The van der Waals surface area contributed by atoms with E-state index in [1.165, 1.54) is 6.20 Å². The number of carbonyl (C=O) groups is 1. The van der Waals surface area contributed by atoms with E-state index >= 15 is 0 Å². The number of nitrogens with zero attached hydrogens (tertiary/aromatic N) is 3. The minimum atomic E-state index is -0.287. The molecule has 8 heteroatoms. The number of amides is 1. The van der Waals surface area contributed by atoms with Crippen molar-refractivity contribution in [3.8, 4) is 11.5 Å². The Morgan fingerprint density at radius 1 is 1.12 bits per heavy atom. The van der Waals surface area contributed by atoms with E-state index in [2.05, 4.69) is 25.6 Å². The molecule has 0 aliphatic carbocycles. The topological polar surface area (TPSA) is 98.3 Å². The van der Waals surface area contributed by atoms with Crippen molar-refractivity contribution >= 4 is 17.5 Å². The predicted molar refractivity (Wildman–Crippen MR) is 93.3 cm³/mol. The molecule has 0 unspecified atom stereocenters. The van der Waals surface area contributed by atoms with Gasteiger partial charge in [0.25, 0.3) is 5.91 Å². The van der Waals surface area contributed by atoms with Gasteiger partial charge in [-0.25, -0.2) is 9.97 Å². The van der Waals surface area contributed by atoms with Gasteiger partial charge in [-0.3, -0.25) is 9.78 Å². The Hall–Kier alpha value is -3.68. The molecule has 1 amide bonds. The fourth-order valence-corrected chi connectivity index (χ4v) is 2.42. The van der Waals surface area contributed by atoms with Crippen LogP contribution in [0.3, 0.4) is 0 Å². The number of pyridine rings is 1. The van der Waals surface area contributed by atoms with Gasteiger partial charge in [-0.2, -0.15) is 0 Å². The number of carbonyl (C=O) groups excluding carboxylic acids is 1. The third-order valence-corrected chi connectivity index (χ3v) is 3.69. The van der Waals surface area contributed by atoms with Gasteiger partial charge < -0.3 is 20.1 Å². The van der Waals surface area contributed by atoms with Crippen molar-refractivity contribution in [3.05, 3.63) is 66.2 Å². The summed E-state index contributed by atoms with van der Waals surface area (Å²) in [5.74, 6) is 1.38. The van der Waals surface area contributed by atoms with Gasteiger partial charge in [-0.1, -0.05) is 6.07 Å². The number of nitrogens with one attached hydrogen (secondary N) is 2. The number of hydrogen-bond acceptors (Lipinski definition) is 7. The molecule has 3 heterocycles. The lowest BCUT2D eigenvalue weighted by Crippen LogP contribution is -2.24. The molecule has 130 valence electrons. The van der Waals surface area contributed by atoms with E-state index in [9.17, 15) is 4.79 Å². The van der Waals surface area contributed by atoms with Gasteiger partial charge in [0.2, 0.25) is 12.7 Å². The lowest BCUT2D eigenvalue weighted by molar-refractivity contribution is 0.0946. The van der Waals surface area contributed by atoms with Gasteiger partial charge in [0.15, 0.2) is 11.5 Å². The molecule has 0 fully saturated rings. The maximum atomic E-state index is 12.3. The molecular weight excluding hydrogens is 334 g/mol. The Morgan fingerprint density at radius 2 is 2.04 bits per heavy atom. The van der Waals surface area contributed by atoms with Crippen LogP contribution in [-0.2, 0) is 6.54 Å². The van der Waals surface area contributed by atoms with E-state index < -0.39 is 0 Å². The van der Waals surface area contributed by atoms with Gasteiger partial charge in [0, 0.05) is 36.9 Å². The molecule has 0 saturated heterocycles. The predicted octanol–water partition coefficient (Wildman–Crippen LogP) is 2.27. The number of hydrogen-bond donors (Lipinski definition) is 2. The van der Waals surface area contributed by atoms with Gasteiger partial charge in [0.05, 0.1) is 0 Å². The van der Waals surface area contributed by atoms with Crippen LogP contribution < -0.4 is 20.1 Å². The zero-order valence-corrected chi connectivity index (χ0v) is 13.7. The molecule has 1 aromatic carbocycles. The molecule has 1 aliphatic rings. The Morgan fingerprint density at radius 3 is 2.92 bits per heavy atom. The summed E-state index contributed by atoms with van der Waals surface area (Å²) >= 11 is 0. The van der Waals surface area contributed by atoms with E-state index in [1.54, 1.807) is 30.6 Å². The summed E-state index contributed by atoms with van der Waals surface area (Å²) < 4.78 is 10.6. The third-order valence-electron chi connectivity index (χ3n) is 3.69. The summed E-state index contributed by atoms with van der Waals surface area (Å²) in [6.07, 6.45) is 4.91. The maximum absolute atomic E-state index is 12.3. The fourth-order valence-electron chi connectivity index (χ4n) is 2.42. The van der Waals surface area contributed by atoms with Crippen molar-refractivity contribution < 1.29 is 14.3 Å². The summed E-state index contributed by atoms with van der Waals surface area (Å²) in [7, 11) is 0. The zero-order valence-electron chi connectivity index (χ0n) is 13.7. The Bertz CT molecular complexity index is 933. The molecule has 4 rings (SSSR count). The van der Waals surface area contributed by atoms with Crippen LogP contribution in [-0.4, -0.2) is 27.7 Å². The average Bonchev–Trinajstić information content (AvgIpc) is 3.15. The molecule has 0 spiro atoms. The van der Waals surface area contributed by atoms with Crippen LogP contribution in [0.1, 0.15) is 16.1 Å². The number of aromatic nitrogens is 3. The van der Waals surface area contributed by atoms with Gasteiger partial charge in [-0.05, 0) is 29.8 Å². The first kappa shape index (κ1) is 15.8. The highest BCUT2D eigenvalue weighted by Gasteiger charge is 2.14. The van der Waals surface area contributed by atoms with Crippen LogP contribution in [0.4, 0.5) is 11.6 Å². The van der Waals surface area contributed by atoms with Crippen LogP contribution in [0.25, 0.3) is 0 Å². The van der Waals surface area contributed by atoms with Crippen LogP contribution in [0.5, 0.6) is 11.5 Å². The minimum absolute atomic E-state index is 0.210. The first-order valence-electron chi connectivity index (χ1n) is 7.95. The van der Waals surface area contributed by atoms with E-state index in [-0.39, 0.29) is 18.4 Å². The Kier molecular flexibility index (Phi) is 4.29. The second kappa shape index (κ2) is 7.06. The van der Waals surface area contributed by atoms with E-state index in [0.29, 0.717) is 24.0 Å². The van der Waals surface area contributed by atoms with Crippen molar-refractivity contribution in [3.63, 3.8) is 0 Å². The van der Waals surface area contributed by atoms with Gasteiger partial charge in [0.1, 0.15) is 5.69 Å². The van der Waals surface area contributed by atoms with Gasteiger partial charge in [-0.15, -0.1) is 0 Å². The molecular formula is C18H15N5O3. The number of fused-ring (bicyclic) bond motifs is 1. The van der Waals surface area contributed by atoms with Crippen molar-refractivity contribution in [2.75, 3.05) is 12.1 Å². The molecule has 0 atom stereocenters. The second-order valence-corrected chi connectivity index (χ2v) is 5.50. The smallest absolute Gasteiger partial charge is 0.270 e. The molecule has 8 nitrogen and oxygen atoms in total. The van der Waals surface area contributed by atoms with Crippen molar-refractivity contribution in [2.45, 2.75) is 6.54 Å². The largest absolute Gasteiger partial charge is 0.454 e. The lowest BCUT2D eigenvalue weighted by Gasteiger charge is -2.08. The lowest BCUT2D eigenvalue weighted by atomic mass is 10.3. The maximum Gasteiger partial charge on any atom is 0.270 e. The fraction of sp³-hybridized carbons (Fsp3) is 0.111. The first-order chi connectivity index (χ1) is 12.8. The van der Waals surface area contributed by atoms with Crippen molar-refractivity contribution in [1.29, 1.82) is 0 Å². The molecule has 26 heavy (non-hydrogen) atoms. The van der Waals surface area contributed by atoms with E-state index in [4.69, 9.17) is 9.47 Å². The van der Waals surface area contributed by atoms with E-state index in [1.807, 2.05) is 18.2 Å². The van der Waals surface area contributed by atoms with E-state index in [0.717, 1.165) is 11.3 Å². The molecule has 2 N–H and O–H groups in total. The summed E-state index contributed by atoms with van der Waals surface area (Å²) in [5.41, 5.74) is 1.92. The highest BCUT2D eigenvalue weighted by molar-refractivity contribution is 5.92. The summed E-state index contributed by atoms with van der Waals surface area (Å²) in [6.45, 7) is 0.587. The quantitative estimate of drug-likeness (QED) is 0.729. The molecule has 0 radical (unpaired) electrons. The average molecular weight is 349 g/mol. The van der Waals surface area contributed by atoms with Crippen LogP contribution in [0.15, 0.2) is 55.0 Å². The number of ether oxygens (including phenoxy) is 2. The number of benzene rings is 1. The number of anilines is 2. The Balaban J connectivity index is 1.43. The third kappa shape index (κ3) is 3.54. The molecule has 1 aliphatic heterocycles. The highest BCUT2D eigenvalue weighted by atomic mass is 16.7. The Labute approximate surface area is 149 Å². The highest BCUT2D eigenvalue weighted by Crippen LogP contribution is 2.34. The monoisotopic (exact) mass is 349 g/mol. The molecule has 3 aromatic rings. The van der Waals surface area contributed by atoms with Crippen LogP contribution in [0, 0.1) is 0 Å². The molecule has 0 saturated carbocycles. The van der Waals surface area contributed by atoms with Crippen molar-refractivity contribution in [2.24, 2.45) is 0 Å². The second-order valence-electron chi connectivity index (χ2n) is 5.50. The SMILES string of the molecule is O=C(NCc1cccnc1)c1ccnc(Nc2ccc3c(c2)OCO3)n1. The van der Waals surface area contributed by atoms with Crippen LogP contribution in [0.2, 0.25) is 0 Å². The molecule has 0 bridgehead atoms.